The Hall–Kier alpha value is -1.06. The molecule has 1 spiro atoms. The smallest absolute Gasteiger partial charge is 0.246 e. The minimum Gasteiger partial charge on any atom is -0.345 e. The summed E-state index contributed by atoms with van der Waals surface area (Å²) >= 11 is 0. The zero-order valence-corrected chi connectivity index (χ0v) is 9.92. The number of amides is 2. The number of carbonyl (C=O) groups is 2. The molecule has 4 nitrogen and oxygen atoms in total. The van der Waals surface area contributed by atoms with Gasteiger partial charge in [-0.1, -0.05) is 26.2 Å². The highest BCUT2D eigenvalue weighted by Gasteiger charge is 2.48. The van der Waals surface area contributed by atoms with Crippen LogP contribution in [0, 0.1) is 0 Å². The zero-order chi connectivity index (χ0) is 11.6. The highest BCUT2D eigenvalue weighted by atomic mass is 16.2. The van der Waals surface area contributed by atoms with Gasteiger partial charge in [-0.2, -0.15) is 0 Å². The summed E-state index contributed by atoms with van der Waals surface area (Å²) in [7, 11) is 0. The van der Waals surface area contributed by atoms with Crippen molar-refractivity contribution < 1.29 is 9.59 Å². The van der Waals surface area contributed by atoms with Crippen LogP contribution in [0.1, 0.15) is 45.4 Å². The first-order valence-corrected chi connectivity index (χ1v) is 6.29. The summed E-state index contributed by atoms with van der Waals surface area (Å²) in [4.78, 5) is 25.8. The van der Waals surface area contributed by atoms with Gasteiger partial charge >= 0.3 is 0 Å². The van der Waals surface area contributed by atoms with E-state index >= 15 is 0 Å². The van der Waals surface area contributed by atoms with Gasteiger partial charge in [0.25, 0.3) is 0 Å². The Morgan fingerprint density at radius 2 is 1.94 bits per heavy atom. The van der Waals surface area contributed by atoms with E-state index < -0.39 is 5.54 Å². The predicted molar refractivity (Wildman–Crippen MR) is 60.8 cm³/mol. The Labute approximate surface area is 96.4 Å². The van der Waals surface area contributed by atoms with E-state index in [0.717, 1.165) is 32.1 Å². The van der Waals surface area contributed by atoms with Crippen LogP contribution in [0.3, 0.4) is 0 Å². The van der Waals surface area contributed by atoms with Gasteiger partial charge in [0.2, 0.25) is 11.8 Å². The van der Waals surface area contributed by atoms with Gasteiger partial charge in [0.05, 0.1) is 6.54 Å². The van der Waals surface area contributed by atoms with E-state index in [0.29, 0.717) is 6.54 Å². The predicted octanol–water partition coefficient (Wildman–Crippen LogP) is 1.06. The highest BCUT2D eigenvalue weighted by Crippen LogP contribution is 2.35. The van der Waals surface area contributed by atoms with E-state index in [1.54, 1.807) is 0 Å². The lowest BCUT2D eigenvalue weighted by Gasteiger charge is -2.47. The maximum Gasteiger partial charge on any atom is 0.246 e. The Bertz CT molecular complexity index is 295. The van der Waals surface area contributed by atoms with Crippen LogP contribution in [0.25, 0.3) is 0 Å². The van der Waals surface area contributed by atoms with Gasteiger partial charge in [-0.15, -0.1) is 0 Å². The number of nitrogens with one attached hydrogen (secondary N) is 1. The molecule has 1 aliphatic carbocycles. The molecule has 4 heteroatoms. The summed E-state index contributed by atoms with van der Waals surface area (Å²) in [6.07, 6.45) is 5.89. The van der Waals surface area contributed by atoms with Crippen molar-refractivity contribution >= 4 is 11.8 Å². The third kappa shape index (κ3) is 1.70. The van der Waals surface area contributed by atoms with Crippen molar-refractivity contribution in [3.8, 4) is 0 Å². The number of hydrogen-bond acceptors (Lipinski definition) is 2. The fourth-order valence-corrected chi connectivity index (χ4v) is 2.97. The largest absolute Gasteiger partial charge is 0.345 e. The van der Waals surface area contributed by atoms with Gasteiger partial charge in [0.1, 0.15) is 5.54 Å². The third-order valence-electron chi connectivity index (χ3n) is 3.77. The van der Waals surface area contributed by atoms with Crippen molar-refractivity contribution in [1.82, 2.24) is 10.2 Å². The van der Waals surface area contributed by atoms with Crippen LogP contribution in [-0.2, 0) is 9.59 Å². The lowest BCUT2D eigenvalue weighted by Crippen LogP contribution is -2.67. The summed E-state index contributed by atoms with van der Waals surface area (Å²) in [6.45, 7) is 2.95. The van der Waals surface area contributed by atoms with E-state index in [1.165, 1.54) is 6.42 Å². The minimum atomic E-state index is -0.510. The van der Waals surface area contributed by atoms with Crippen LogP contribution in [-0.4, -0.2) is 35.3 Å². The number of rotatable bonds is 2. The maximum absolute atomic E-state index is 12.1. The first-order valence-electron chi connectivity index (χ1n) is 6.29. The molecule has 0 aromatic rings. The first-order chi connectivity index (χ1) is 7.70. The fourth-order valence-electron chi connectivity index (χ4n) is 2.97. The molecule has 0 radical (unpaired) electrons. The van der Waals surface area contributed by atoms with Crippen molar-refractivity contribution in [3.05, 3.63) is 0 Å². The van der Waals surface area contributed by atoms with Crippen LogP contribution < -0.4 is 5.32 Å². The van der Waals surface area contributed by atoms with Crippen molar-refractivity contribution in [2.24, 2.45) is 0 Å². The standard InChI is InChI=1S/C12H20N2O2/c1-2-8-14-10(15)9-13-11(16)12(14)6-4-3-5-7-12/h2-9H2,1H3,(H,13,16). The number of nitrogens with zero attached hydrogens (tertiary/aromatic N) is 1. The maximum atomic E-state index is 12.1. The van der Waals surface area contributed by atoms with Gasteiger partial charge < -0.3 is 10.2 Å². The Morgan fingerprint density at radius 1 is 1.25 bits per heavy atom. The van der Waals surface area contributed by atoms with E-state index in [4.69, 9.17) is 0 Å². The van der Waals surface area contributed by atoms with Gasteiger partial charge in [0.15, 0.2) is 0 Å². The second-order valence-corrected chi connectivity index (χ2v) is 4.82. The summed E-state index contributed by atoms with van der Waals surface area (Å²) < 4.78 is 0. The van der Waals surface area contributed by atoms with Crippen LogP contribution in [0.4, 0.5) is 0 Å². The topological polar surface area (TPSA) is 49.4 Å². The lowest BCUT2D eigenvalue weighted by molar-refractivity contribution is -0.156. The quantitative estimate of drug-likeness (QED) is 0.762. The molecule has 1 N–H and O–H groups in total. The van der Waals surface area contributed by atoms with Gasteiger partial charge in [-0.3, -0.25) is 9.59 Å². The van der Waals surface area contributed by atoms with Gasteiger partial charge in [0, 0.05) is 6.54 Å². The molecule has 2 rings (SSSR count). The van der Waals surface area contributed by atoms with Crippen LogP contribution >= 0.6 is 0 Å². The van der Waals surface area contributed by atoms with Gasteiger partial charge in [-0.05, 0) is 19.3 Å². The first kappa shape index (κ1) is 11.4. The molecule has 1 saturated carbocycles. The molecule has 2 amide bonds. The monoisotopic (exact) mass is 224 g/mol. The molecule has 0 atom stereocenters. The SMILES string of the molecule is CCCN1C(=O)CNC(=O)C12CCCCC2. The summed E-state index contributed by atoms with van der Waals surface area (Å²) in [5.41, 5.74) is -0.510. The second kappa shape index (κ2) is 4.44. The molecule has 1 heterocycles. The van der Waals surface area contributed by atoms with Crippen molar-refractivity contribution in [2.75, 3.05) is 13.1 Å². The molecule has 0 aromatic carbocycles. The minimum absolute atomic E-state index is 0.0697. The number of carbonyl (C=O) groups excluding carboxylic acids is 2. The Balaban J connectivity index is 2.26. The zero-order valence-electron chi connectivity index (χ0n) is 9.92. The molecule has 1 saturated heterocycles. The molecule has 0 aromatic heterocycles. The average Bonchev–Trinajstić information content (AvgIpc) is 2.31. The Morgan fingerprint density at radius 3 is 2.56 bits per heavy atom. The second-order valence-electron chi connectivity index (χ2n) is 4.82. The molecule has 1 aliphatic heterocycles. The van der Waals surface area contributed by atoms with Crippen LogP contribution in [0.15, 0.2) is 0 Å². The molecule has 0 bridgehead atoms. The average molecular weight is 224 g/mol. The summed E-state index contributed by atoms with van der Waals surface area (Å²) in [5.74, 6) is 0.156. The Kier molecular flexibility index (Phi) is 3.17. The highest BCUT2D eigenvalue weighted by molar-refractivity contribution is 5.98. The molecule has 2 aliphatic rings. The van der Waals surface area contributed by atoms with Gasteiger partial charge in [-0.25, -0.2) is 0 Å². The summed E-state index contributed by atoms with van der Waals surface area (Å²) in [6, 6.07) is 0. The van der Waals surface area contributed by atoms with Crippen LogP contribution in [0.5, 0.6) is 0 Å². The van der Waals surface area contributed by atoms with Crippen LogP contribution in [0.2, 0.25) is 0 Å². The van der Waals surface area contributed by atoms with Crippen molar-refractivity contribution in [3.63, 3.8) is 0 Å². The number of hydrogen-bond donors (Lipinski definition) is 1. The van der Waals surface area contributed by atoms with E-state index in [1.807, 2.05) is 4.90 Å². The molecule has 90 valence electrons. The van der Waals surface area contributed by atoms with Crippen molar-refractivity contribution in [1.29, 1.82) is 0 Å². The molecule has 0 unspecified atom stereocenters. The fraction of sp³-hybridized carbons (Fsp3) is 0.833. The third-order valence-corrected chi connectivity index (χ3v) is 3.77. The lowest BCUT2D eigenvalue weighted by atomic mass is 9.78. The summed E-state index contributed by atoms with van der Waals surface area (Å²) in [5, 5.41) is 2.75. The van der Waals surface area contributed by atoms with Crippen molar-refractivity contribution in [2.45, 2.75) is 51.0 Å². The van der Waals surface area contributed by atoms with E-state index in [-0.39, 0.29) is 18.4 Å². The molecule has 2 fully saturated rings. The molecular formula is C12H20N2O2. The number of piperazine rings is 1. The van der Waals surface area contributed by atoms with E-state index in [2.05, 4.69) is 12.2 Å². The normalized spacial score (nSPS) is 24.7. The molecular weight excluding hydrogens is 204 g/mol. The molecule has 16 heavy (non-hydrogen) atoms. The van der Waals surface area contributed by atoms with E-state index in [9.17, 15) is 9.59 Å².